The molecule has 0 amide bonds. The molecular formula is C13H14BBr2NO2. The van der Waals surface area contributed by atoms with E-state index in [9.17, 15) is 0 Å². The molecule has 0 radical (unpaired) electrons. The highest BCUT2D eigenvalue weighted by molar-refractivity contribution is 9.11. The minimum Gasteiger partial charge on any atom is -0.423 e. The average Bonchev–Trinajstić information content (AvgIpc) is 2.42. The van der Waals surface area contributed by atoms with Gasteiger partial charge in [-0.15, -0.1) is 0 Å². The molecule has 2 aromatic rings. The second-order valence-corrected chi connectivity index (χ2v) is 5.54. The topological polar surface area (TPSA) is 53.4 Å². The Labute approximate surface area is 130 Å². The van der Waals surface area contributed by atoms with Crippen molar-refractivity contribution in [3.8, 4) is 0 Å². The van der Waals surface area contributed by atoms with Crippen molar-refractivity contribution in [2.45, 2.75) is 13.8 Å². The van der Waals surface area contributed by atoms with Gasteiger partial charge in [0.2, 0.25) is 0 Å². The largest absolute Gasteiger partial charge is 0.488 e. The van der Waals surface area contributed by atoms with Gasteiger partial charge in [0.25, 0.3) is 0 Å². The molecule has 1 aromatic heterocycles. The number of nitrogens with zero attached hydrogens (tertiary/aromatic N) is 1. The highest BCUT2D eigenvalue weighted by atomic mass is 79.9. The first kappa shape index (κ1) is 16.4. The molecule has 0 unspecified atom stereocenters. The smallest absolute Gasteiger partial charge is 0.423 e. The van der Waals surface area contributed by atoms with E-state index in [0.29, 0.717) is 5.46 Å². The number of hydrogen-bond donors (Lipinski definition) is 2. The summed E-state index contributed by atoms with van der Waals surface area (Å²) in [7, 11) is -1.34. The molecule has 0 aliphatic rings. The summed E-state index contributed by atoms with van der Waals surface area (Å²) in [4.78, 5) is 4.11. The van der Waals surface area contributed by atoms with Gasteiger partial charge in [0.05, 0.1) is 0 Å². The third kappa shape index (κ3) is 5.07. The van der Waals surface area contributed by atoms with Gasteiger partial charge in [0, 0.05) is 10.7 Å². The van der Waals surface area contributed by atoms with E-state index in [4.69, 9.17) is 10.0 Å². The normalized spacial score (nSPS) is 9.58. The fourth-order valence-corrected chi connectivity index (χ4v) is 2.07. The number of benzene rings is 1. The Morgan fingerprint density at radius 2 is 1.58 bits per heavy atom. The van der Waals surface area contributed by atoms with Crippen LogP contribution in [0.1, 0.15) is 11.1 Å². The Bertz CT molecular complexity index is 509. The molecule has 0 bridgehead atoms. The van der Waals surface area contributed by atoms with Crippen molar-refractivity contribution in [2.24, 2.45) is 0 Å². The predicted octanol–water partition coefficient (Wildman–Crippen LogP) is 2.59. The Morgan fingerprint density at radius 3 is 2.00 bits per heavy atom. The van der Waals surface area contributed by atoms with Gasteiger partial charge >= 0.3 is 7.12 Å². The lowest BCUT2D eigenvalue weighted by molar-refractivity contribution is 0.426. The lowest BCUT2D eigenvalue weighted by atomic mass is 9.81. The maximum absolute atomic E-state index is 8.58. The van der Waals surface area contributed by atoms with Gasteiger partial charge in [0.1, 0.15) is 4.60 Å². The minimum atomic E-state index is -1.34. The molecule has 0 saturated heterocycles. The molecule has 0 saturated carbocycles. The molecule has 0 aliphatic heterocycles. The summed E-state index contributed by atoms with van der Waals surface area (Å²) in [6, 6.07) is 8.66. The zero-order chi connectivity index (χ0) is 14.4. The van der Waals surface area contributed by atoms with Crippen molar-refractivity contribution in [3.63, 3.8) is 0 Å². The first-order chi connectivity index (χ1) is 8.93. The Hall–Kier alpha value is -0.685. The molecule has 0 fully saturated rings. The predicted molar refractivity (Wildman–Crippen MR) is 85.4 cm³/mol. The molecule has 1 heterocycles. The fraction of sp³-hybridized carbons (Fsp3) is 0.154. The minimum absolute atomic E-state index is 0.525. The number of pyridine rings is 1. The van der Waals surface area contributed by atoms with E-state index in [0.717, 1.165) is 9.08 Å². The maximum atomic E-state index is 8.58. The third-order valence-corrected chi connectivity index (χ3v) is 4.22. The van der Waals surface area contributed by atoms with E-state index in [-0.39, 0.29) is 0 Å². The number of hydrogen-bond acceptors (Lipinski definition) is 3. The van der Waals surface area contributed by atoms with E-state index in [1.807, 2.05) is 13.0 Å². The molecular weight excluding hydrogens is 373 g/mol. The molecule has 0 aliphatic carbocycles. The highest BCUT2D eigenvalue weighted by Gasteiger charge is 2.07. The third-order valence-electron chi connectivity index (χ3n) is 2.62. The number of halogens is 2. The molecule has 0 spiro atoms. The Morgan fingerprint density at radius 1 is 1.00 bits per heavy atom. The van der Waals surface area contributed by atoms with Gasteiger partial charge < -0.3 is 10.0 Å². The van der Waals surface area contributed by atoms with Crippen molar-refractivity contribution in [1.29, 1.82) is 0 Å². The molecule has 0 atom stereocenters. The molecule has 6 heteroatoms. The summed E-state index contributed by atoms with van der Waals surface area (Å²) >= 11 is 6.75. The van der Waals surface area contributed by atoms with E-state index >= 15 is 0 Å². The SMILES string of the molecule is Cc1c(Br)cnc(Br)c1C.OB(O)c1ccccc1. The van der Waals surface area contributed by atoms with E-state index < -0.39 is 7.12 Å². The van der Waals surface area contributed by atoms with E-state index in [1.165, 1.54) is 11.1 Å². The molecule has 100 valence electrons. The lowest BCUT2D eigenvalue weighted by Crippen LogP contribution is -2.29. The van der Waals surface area contributed by atoms with Crippen LogP contribution < -0.4 is 5.46 Å². The second kappa shape index (κ2) is 7.80. The molecule has 2 N–H and O–H groups in total. The van der Waals surface area contributed by atoms with E-state index in [2.05, 4.69) is 43.8 Å². The lowest BCUT2D eigenvalue weighted by Gasteiger charge is -2.02. The molecule has 3 nitrogen and oxygen atoms in total. The number of rotatable bonds is 1. The van der Waals surface area contributed by atoms with Crippen LogP contribution in [0.15, 0.2) is 45.6 Å². The summed E-state index contributed by atoms with van der Waals surface area (Å²) < 4.78 is 1.99. The van der Waals surface area contributed by atoms with Crippen molar-refractivity contribution in [1.82, 2.24) is 4.98 Å². The molecule has 19 heavy (non-hydrogen) atoms. The van der Waals surface area contributed by atoms with Crippen LogP contribution in [-0.4, -0.2) is 22.2 Å². The van der Waals surface area contributed by atoms with Gasteiger partial charge in [-0.25, -0.2) is 4.98 Å². The van der Waals surface area contributed by atoms with Gasteiger partial charge in [0.15, 0.2) is 0 Å². The zero-order valence-corrected chi connectivity index (χ0v) is 13.8. The number of aromatic nitrogens is 1. The van der Waals surface area contributed by atoms with Crippen LogP contribution in [0.25, 0.3) is 0 Å². The molecule has 1 aromatic carbocycles. The van der Waals surface area contributed by atoms with Crippen molar-refractivity contribution >= 4 is 44.4 Å². The summed E-state index contributed by atoms with van der Waals surface area (Å²) in [6.45, 7) is 4.10. The van der Waals surface area contributed by atoms with Crippen LogP contribution in [0.2, 0.25) is 0 Å². The summed E-state index contributed by atoms with van der Waals surface area (Å²) in [5.74, 6) is 0. The first-order valence-electron chi connectivity index (χ1n) is 5.61. The summed E-state index contributed by atoms with van der Waals surface area (Å²) in [5, 5.41) is 17.2. The Balaban J connectivity index is 0.000000191. The van der Waals surface area contributed by atoms with Gasteiger partial charge in [-0.1, -0.05) is 30.3 Å². The van der Waals surface area contributed by atoms with Gasteiger partial charge in [-0.3, -0.25) is 0 Å². The maximum Gasteiger partial charge on any atom is 0.488 e. The van der Waals surface area contributed by atoms with Gasteiger partial charge in [-0.05, 0) is 62.3 Å². The van der Waals surface area contributed by atoms with Gasteiger partial charge in [-0.2, -0.15) is 0 Å². The average molecular weight is 387 g/mol. The standard InChI is InChI=1S/C7H7Br2N.C6H7BO2/c1-4-5(2)7(9)10-3-6(4)8;8-7(9)6-4-2-1-3-5-6/h3H,1-2H3;1-5,8-9H. The molecule has 2 rings (SSSR count). The van der Waals surface area contributed by atoms with Crippen LogP contribution in [0, 0.1) is 13.8 Å². The Kier molecular flexibility index (Phi) is 6.72. The van der Waals surface area contributed by atoms with Crippen LogP contribution >= 0.6 is 31.9 Å². The monoisotopic (exact) mass is 385 g/mol. The van der Waals surface area contributed by atoms with Crippen LogP contribution in [0.3, 0.4) is 0 Å². The van der Waals surface area contributed by atoms with E-state index in [1.54, 1.807) is 30.5 Å². The second-order valence-electron chi connectivity index (χ2n) is 3.93. The van der Waals surface area contributed by atoms with Crippen LogP contribution in [0.5, 0.6) is 0 Å². The van der Waals surface area contributed by atoms with Crippen LogP contribution in [0.4, 0.5) is 0 Å². The van der Waals surface area contributed by atoms with Crippen molar-refractivity contribution in [3.05, 3.63) is 56.7 Å². The van der Waals surface area contributed by atoms with Crippen molar-refractivity contribution < 1.29 is 10.0 Å². The summed E-state index contributed by atoms with van der Waals surface area (Å²) in [5.41, 5.74) is 2.95. The fourth-order valence-electron chi connectivity index (χ4n) is 1.27. The van der Waals surface area contributed by atoms with Crippen LogP contribution in [-0.2, 0) is 0 Å². The first-order valence-corrected chi connectivity index (χ1v) is 7.20. The quantitative estimate of drug-likeness (QED) is 0.585. The highest BCUT2D eigenvalue weighted by Crippen LogP contribution is 2.22. The summed E-state index contributed by atoms with van der Waals surface area (Å²) in [6.07, 6.45) is 1.80. The zero-order valence-electron chi connectivity index (χ0n) is 10.6. The van der Waals surface area contributed by atoms with Crippen molar-refractivity contribution in [2.75, 3.05) is 0 Å².